The molecule has 244 valence electrons. The molecular weight excluding hydrogens is 620 g/mol. The number of carbonyl (C=O) groups is 4. The SMILES string of the molecule is C[C@H](NC(=O)OC(C)(C)C)C(=O)OCN1C(=O)N/C(=C\c2cnn3c(NC4CC4)cc(-c4cccc(NS(C)(=O)=O)c4)nc23)C1=O. The van der Waals surface area contributed by atoms with E-state index in [0.717, 1.165) is 19.1 Å². The maximum atomic E-state index is 13.1. The molecule has 1 aliphatic carbocycles. The van der Waals surface area contributed by atoms with Gasteiger partial charge in [-0.15, -0.1) is 0 Å². The van der Waals surface area contributed by atoms with Gasteiger partial charge in [-0.25, -0.2) is 32.7 Å². The number of rotatable bonds is 10. The second kappa shape index (κ2) is 12.3. The van der Waals surface area contributed by atoms with Gasteiger partial charge in [0.1, 0.15) is 23.2 Å². The number of sulfonamides is 1. The molecule has 2 aromatic heterocycles. The van der Waals surface area contributed by atoms with E-state index in [4.69, 9.17) is 14.5 Å². The van der Waals surface area contributed by atoms with E-state index in [1.54, 1.807) is 55.6 Å². The molecule has 2 fully saturated rings. The Hall–Kier alpha value is -5.19. The monoisotopic (exact) mass is 654 g/mol. The Morgan fingerprint density at radius 1 is 1.20 bits per heavy atom. The van der Waals surface area contributed by atoms with Crippen LogP contribution in [0.5, 0.6) is 0 Å². The molecule has 17 heteroatoms. The van der Waals surface area contributed by atoms with Crippen LogP contribution in [-0.4, -0.2) is 82.6 Å². The van der Waals surface area contributed by atoms with Gasteiger partial charge in [-0.1, -0.05) is 12.1 Å². The van der Waals surface area contributed by atoms with Crippen LogP contribution in [0.2, 0.25) is 0 Å². The largest absolute Gasteiger partial charge is 0.444 e. The summed E-state index contributed by atoms with van der Waals surface area (Å²) in [5, 5.41) is 12.7. The molecule has 46 heavy (non-hydrogen) atoms. The summed E-state index contributed by atoms with van der Waals surface area (Å²) in [5.74, 6) is -0.996. The Bertz CT molecular complexity index is 1860. The second-order valence-electron chi connectivity index (χ2n) is 11.9. The van der Waals surface area contributed by atoms with Crippen molar-refractivity contribution in [3.05, 3.63) is 47.8 Å². The number of aromatic nitrogens is 3. The van der Waals surface area contributed by atoms with Crippen molar-refractivity contribution in [2.24, 2.45) is 0 Å². The minimum absolute atomic E-state index is 0.0980. The van der Waals surface area contributed by atoms with Crippen LogP contribution in [-0.2, 0) is 29.1 Å². The van der Waals surface area contributed by atoms with Crippen LogP contribution in [0.4, 0.5) is 21.1 Å². The van der Waals surface area contributed by atoms with Crippen LogP contribution in [0.1, 0.15) is 46.1 Å². The van der Waals surface area contributed by atoms with Gasteiger partial charge in [0, 0.05) is 28.9 Å². The minimum Gasteiger partial charge on any atom is -0.444 e. The molecule has 5 rings (SSSR count). The fraction of sp³-hybridized carbons (Fsp3) is 0.379. The summed E-state index contributed by atoms with van der Waals surface area (Å²) in [6.45, 7) is 5.70. The molecule has 0 bridgehead atoms. The van der Waals surface area contributed by atoms with Crippen molar-refractivity contribution in [3.8, 4) is 11.3 Å². The van der Waals surface area contributed by atoms with Gasteiger partial charge in [0.05, 0.1) is 18.1 Å². The zero-order valence-corrected chi connectivity index (χ0v) is 26.6. The number of nitrogens with zero attached hydrogens (tertiary/aromatic N) is 4. The quantitative estimate of drug-likeness (QED) is 0.142. The summed E-state index contributed by atoms with van der Waals surface area (Å²) in [6, 6.07) is 6.90. The molecule has 3 aromatic rings. The molecule has 16 nitrogen and oxygen atoms in total. The lowest BCUT2D eigenvalue weighted by atomic mass is 10.1. The highest BCUT2D eigenvalue weighted by atomic mass is 32.2. The van der Waals surface area contributed by atoms with Crippen LogP contribution >= 0.6 is 0 Å². The smallest absolute Gasteiger partial charge is 0.408 e. The lowest BCUT2D eigenvalue weighted by Crippen LogP contribution is -2.44. The normalized spacial score (nSPS) is 16.7. The number of ether oxygens (including phenoxy) is 2. The molecule has 2 aliphatic rings. The number of nitrogens with one attached hydrogen (secondary N) is 4. The number of fused-ring (bicyclic) bond motifs is 1. The molecule has 4 amide bonds. The number of urea groups is 1. The molecule has 1 aromatic carbocycles. The first kappa shape index (κ1) is 32.2. The molecule has 3 heterocycles. The average Bonchev–Trinajstić information content (AvgIpc) is 3.61. The molecule has 1 saturated heterocycles. The summed E-state index contributed by atoms with van der Waals surface area (Å²) in [5.41, 5.74) is 1.41. The van der Waals surface area contributed by atoms with Gasteiger partial charge >= 0.3 is 18.1 Å². The number of carbonyl (C=O) groups excluding carboxylic acids is 4. The van der Waals surface area contributed by atoms with Crippen molar-refractivity contribution in [2.45, 2.75) is 58.2 Å². The Balaban J connectivity index is 1.36. The minimum atomic E-state index is -3.50. The van der Waals surface area contributed by atoms with Gasteiger partial charge in [-0.2, -0.15) is 9.61 Å². The zero-order valence-electron chi connectivity index (χ0n) is 25.8. The van der Waals surface area contributed by atoms with E-state index in [-0.39, 0.29) is 11.7 Å². The fourth-order valence-electron chi connectivity index (χ4n) is 4.37. The first-order chi connectivity index (χ1) is 21.6. The van der Waals surface area contributed by atoms with Crippen LogP contribution in [0.15, 0.2) is 42.2 Å². The Morgan fingerprint density at radius 3 is 2.61 bits per heavy atom. The number of alkyl carbamates (subject to hydrolysis) is 1. The van der Waals surface area contributed by atoms with E-state index in [1.807, 2.05) is 0 Å². The number of amides is 4. The molecule has 1 saturated carbocycles. The lowest BCUT2D eigenvalue weighted by molar-refractivity contribution is -0.150. The zero-order chi connectivity index (χ0) is 33.4. The number of hydrogen-bond acceptors (Lipinski definition) is 11. The van der Waals surface area contributed by atoms with Crippen molar-refractivity contribution in [1.82, 2.24) is 30.1 Å². The third-order valence-corrected chi connectivity index (χ3v) is 7.18. The van der Waals surface area contributed by atoms with Gasteiger partial charge in [0.2, 0.25) is 10.0 Å². The summed E-state index contributed by atoms with van der Waals surface area (Å²) in [4.78, 5) is 55.6. The highest BCUT2D eigenvalue weighted by molar-refractivity contribution is 7.92. The number of benzene rings is 1. The van der Waals surface area contributed by atoms with E-state index in [2.05, 4.69) is 25.8 Å². The summed E-state index contributed by atoms with van der Waals surface area (Å²) < 4.78 is 37.8. The fourth-order valence-corrected chi connectivity index (χ4v) is 4.92. The van der Waals surface area contributed by atoms with Gasteiger partial charge in [0.25, 0.3) is 5.91 Å². The predicted molar refractivity (Wildman–Crippen MR) is 167 cm³/mol. The van der Waals surface area contributed by atoms with Gasteiger partial charge in [-0.05, 0) is 58.7 Å². The predicted octanol–water partition coefficient (Wildman–Crippen LogP) is 2.65. The topological polar surface area (TPSA) is 202 Å². The van der Waals surface area contributed by atoms with Crippen molar-refractivity contribution in [2.75, 3.05) is 23.0 Å². The van der Waals surface area contributed by atoms with Crippen molar-refractivity contribution >= 4 is 57.3 Å². The summed E-state index contributed by atoms with van der Waals surface area (Å²) in [6.07, 6.45) is 5.12. The Kier molecular flexibility index (Phi) is 8.62. The Labute approximate surface area is 264 Å². The maximum Gasteiger partial charge on any atom is 0.408 e. The first-order valence-electron chi connectivity index (χ1n) is 14.3. The van der Waals surface area contributed by atoms with Gasteiger partial charge < -0.3 is 25.4 Å². The third kappa shape index (κ3) is 7.90. The van der Waals surface area contributed by atoms with Crippen LogP contribution in [0.3, 0.4) is 0 Å². The van der Waals surface area contributed by atoms with Crippen molar-refractivity contribution in [1.29, 1.82) is 0 Å². The van der Waals surface area contributed by atoms with Crippen LogP contribution < -0.4 is 20.7 Å². The highest BCUT2D eigenvalue weighted by Crippen LogP contribution is 2.30. The first-order valence-corrected chi connectivity index (χ1v) is 16.2. The van der Waals surface area contributed by atoms with Gasteiger partial charge in [-0.3, -0.25) is 9.52 Å². The molecular formula is C29H34N8O8S. The van der Waals surface area contributed by atoms with E-state index in [1.165, 1.54) is 19.2 Å². The van der Waals surface area contributed by atoms with Crippen molar-refractivity contribution < 1.29 is 37.1 Å². The number of hydrogen-bond donors (Lipinski definition) is 4. The standard InChI is InChI=1S/C29H34N8O8S/c1-16(31-28(41)45-29(2,3)4)26(39)44-15-36-25(38)22(34-27(36)40)12-18-14-30-37-23(32-19-9-10-19)13-21(33-24(18)37)17-7-6-8-20(11-17)35-46(5,42)43/h6-8,11-14,16,19,32,35H,9-10,15H2,1-5H3,(H,31,41)(H,34,40)/b22-12-/t16-/m0/s1. The molecule has 4 N–H and O–H groups in total. The molecule has 0 radical (unpaired) electrons. The second-order valence-corrected chi connectivity index (χ2v) is 13.7. The molecule has 0 unspecified atom stereocenters. The number of imide groups is 1. The molecule has 0 spiro atoms. The summed E-state index contributed by atoms with van der Waals surface area (Å²) >= 11 is 0. The maximum absolute atomic E-state index is 13.1. The molecule has 1 aliphatic heterocycles. The van der Waals surface area contributed by atoms with Crippen LogP contribution in [0, 0.1) is 0 Å². The molecule has 1 atom stereocenters. The highest BCUT2D eigenvalue weighted by Gasteiger charge is 2.35. The summed E-state index contributed by atoms with van der Waals surface area (Å²) in [7, 11) is -3.50. The third-order valence-electron chi connectivity index (χ3n) is 6.57. The van der Waals surface area contributed by atoms with E-state index < -0.39 is 52.4 Å². The van der Waals surface area contributed by atoms with E-state index in [0.29, 0.717) is 38.9 Å². The van der Waals surface area contributed by atoms with E-state index >= 15 is 0 Å². The lowest BCUT2D eigenvalue weighted by Gasteiger charge is -2.21. The van der Waals surface area contributed by atoms with Crippen molar-refractivity contribution in [3.63, 3.8) is 0 Å². The van der Waals surface area contributed by atoms with E-state index in [9.17, 15) is 27.6 Å². The average molecular weight is 655 g/mol. The Morgan fingerprint density at radius 2 is 1.93 bits per heavy atom. The van der Waals surface area contributed by atoms with Crippen LogP contribution in [0.25, 0.3) is 23.0 Å². The number of anilines is 2. The van der Waals surface area contributed by atoms with Gasteiger partial charge in [0.15, 0.2) is 12.4 Å². The number of esters is 1.